The largest absolute Gasteiger partial charge is 0.480 e. The van der Waals surface area contributed by atoms with Gasteiger partial charge in [0.1, 0.15) is 11.6 Å². The number of carboxylic acid groups (broad SMARTS) is 1. The van der Waals surface area contributed by atoms with Gasteiger partial charge < -0.3 is 30.1 Å². The number of hydrogen-bond acceptors (Lipinski definition) is 8. The van der Waals surface area contributed by atoms with Crippen molar-refractivity contribution < 1.29 is 29.0 Å². The van der Waals surface area contributed by atoms with E-state index in [9.17, 15) is 19.5 Å². The normalized spacial score (nSPS) is 20.1. The van der Waals surface area contributed by atoms with Crippen LogP contribution >= 0.6 is 0 Å². The average molecular weight is 568 g/mol. The number of aliphatic carboxylic acids is 1. The van der Waals surface area contributed by atoms with Crippen molar-refractivity contribution in [3.63, 3.8) is 0 Å². The van der Waals surface area contributed by atoms with E-state index < -0.39 is 23.7 Å². The first kappa shape index (κ1) is 30.2. The average Bonchev–Trinajstić information content (AvgIpc) is 2.96. The summed E-state index contributed by atoms with van der Waals surface area (Å²) in [5.41, 5.74) is 1.96. The van der Waals surface area contributed by atoms with E-state index >= 15 is 0 Å². The lowest BCUT2D eigenvalue weighted by molar-refractivity contribution is -0.142. The molecule has 4 rings (SSSR count). The Hall–Kier alpha value is -3.73. The van der Waals surface area contributed by atoms with Crippen LogP contribution in [0.4, 0.5) is 10.7 Å². The summed E-state index contributed by atoms with van der Waals surface area (Å²) < 4.78 is 10.7. The molecule has 0 bridgehead atoms. The molecule has 1 aliphatic heterocycles. The summed E-state index contributed by atoms with van der Waals surface area (Å²) in [5.74, 6) is -0.633. The highest BCUT2D eigenvalue weighted by Gasteiger charge is 2.30. The minimum Gasteiger partial charge on any atom is -0.480 e. The van der Waals surface area contributed by atoms with Gasteiger partial charge in [-0.15, -0.1) is 0 Å². The van der Waals surface area contributed by atoms with Crippen molar-refractivity contribution in [3.05, 3.63) is 42.2 Å². The predicted molar refractivity (Wildman–Crippen MR) is 153 cm³/mol. The van der Waals surface area contributed by atoms with Crippen molar-refractivity contribution in [2.24, 2.45) is 11.8 Å². The molecule has 1 saturated heterocycles. The fourth-order valence-electron chi connectivity index (χ4n) is 5.17. The van der Waals surface area contributed by atoms with Gasteiger partial charge >= 0.3 is 12.1 Å². The molecule has 1 unspecified atom stereocenters. The van der Waals surface area contributed by atoms with Crippen molar-refractivity contribution in [1.29, 1.82) is 0 Å². The number of hydrogen-bond donors (Lipinski definition) is 3. The SMILES string of the molecule is CC(C)(C)OC(=O)NCC1CCC(C(=O)NC(Cc2cccc(-c3cnc(N4CCOCC4)nc3)c2)C(=O)O)CC1. The first-order valence-corrected chi connectivity index (χ1v) is 14.3. The van der Waals surface area contributed by atoms with E-state index in [4.69, 9.17) is 9.47 Å². The summed E-state index contributed by atoms with van der Waals surface area (Å²) >= 11 is 0. The lowest BCUT2D eigenvalue weighted by atomic mass is 9.81. The highest BCUT2D eigenvalue weighted by atomic mass is 16.6. The number of nitrogens with one attached hydrogen (secondary N) is 2. The minimum atomic E-state index is -1.07. The van der Waals surface area contributed by atoms with E-state index in [0.29, 0.717) is 38.5 Å². The highest BCUT2D eigenvalue weighted by molar-refractivity contribution is 5.85. The maximum Gasteiger partial charge on any atom is 0.407 e. The third kappa shape index (κ3) is 9.14. The number of carboxylic acids is 1. The van der Waals surface area contributed by atoms with E-state index in [1.165, 1.54) is 0 Å². The van der Waals surface area contributed by atoms with E-state index in [0.717, 1.165) is 42.6 Å². The van der Waals surface area contributed by atoms with Crippen LogP contribution in [0.3, 0.4) is 0 Å². The van der Waals surface area contributed by atoms with Crippen molar-refractivity contribution >= 4 is 23.9 Å². The zero-order valence-electron chi connectivity index (χ0n) is 24.1. The Balaban J connectivity index is 1.28. The summed E-state index contributed by atoms with van der Waals surface area (Å²) in [7, 11) is 0. The number of nitrogens with zero attached hydrogens (tertiary/aromatic N) is 3. The van der Waals surface area contributed by atoms with Gasteiger partial charge in [0.05, 0.1) is 13.2 Å². The number of ether oxygens (including phenoxy) is 2. The molecule has 2 heterocycles. The van der Waals surface area contributed by atoms with Crippen molar-refractivity contribution in [2.45, 2.75) is 64.5 Å². The first-order chi connectivity index (χ1) is 19.6. The number of anilines is 1. The van der Waals surface area contributed by atoms with Crippen LogP contribution in [-0.4, -0.2) is 77.5 Å². The van der Waals surface area contributed by atoms with Gasteiger partial charge in [0.15, 0.2) is 0 Å². The standard InChI is InChI=1S/C30H41N5O6/c1-30(2,3)41-29(39)33-17-20-7-9-22(10-8-20)26(36)34-25(27(37)38)16-21-5-4-6-23(15-21)24-18-31-28(32-19-24)35-11-13-40-14-12-35/h4-6,15,18-20,22,25H,7-14,16-17H2,1-3H3,(H,33,39)(H,34,36)(H,37,38). The molecule has 2 amide bonds. The molecule has 1 aromatic carbocycles. The van der Waals surface area contributed by atoms with Gasteiger partial charge in [-0.25, -0.2) is 19.6 Å². The molecule has 2 fully saturated rings. The topological polar surface area (TPSA) is 143 Å². The van der Waals surface area contributed by atoms with Crippen LogP contribution in [0.5, 0.6) is 0 Å². The number of morpholine rings is 1. The quantitative estimate of drug-likeness (QED) is 0.415. The molecular weight excluding hydrogens is 526 g/mol. The van der Waals surface area contributed by atoms with Crippen LogP contribution in [0.2, 0.25) is 0 Å². The Labute approximate surface area is 241 Å². The van der Waals surface area contributed by atoms with Crippen LogP contribution in [0, 0.1) is 11.8 Å². The molecule has 3 N–H and O–H groups in total. The lowest BCUT2D eigenvalue weighted by Crippen LogP contribution is -2.46. The lowest BCUT2D eigenvalue weighted by Gasteiger charge is -2.29. The molecule has 41 heavy (non-hydrogen) atoms. The van der Waals surface area contributed by atoms with Gasteiger partial charge in [-0.05, 0) is 63.5 Å². The number of carbonyl (C=O) groups is 3. The Morgan fingerprint density at radius 3 is 2.39 bits per heavy atom. The maximum atomic E-state index is 13.0. The van der Waals surface area contributed by atoms with Crippen LogP contribution in [0.15, 0.2) is 36.7 Å². The van der Waals surface area contributed by atoms with Crippen LogP contribution in [-0.2, 0) is 25.5 Å². The number of rotatable bonds is 9. The second kappa shape index (κ2) is 13.8. The second-order valence-corrected chi connectivity index (χ2v) is 11.8. The number of aromatic nitrogens is 2. The van der Waals surface area contributed by atoms with Crippen LogP contribution in [0.1, 0.15) is 52.0 Å². The highest BCUT2D eigenvalue weighted by Crippen LogP contribution is 2.29. The molecule has 2 aromatic rings. The number of carbonyl (C=O) groups excluding carboxylic acids is 2. The predicted octanol–water partition coefficient (Wildman–Crippen LogP) is 3.42. The minimum absolute atomic E-state index is 0.163. The third-order valence-corrected chi connectivity index (χ3v) is 7.40. The molecule has 1 aromatic heterocycles. The van der Waals surface area contributed by atoms with Crippen molar-refractivity contribution in [2.75, 3.05) is 37.7 Å². The Morgan fingerprint density at radius 2 is 1.76 bits per heavy atom. The maximum absolute atomic E-state index is 13.0. The van der Waals surface area contributed by atoms with Crippen LogP contribution in [0.25, 0.3) is 11.1 Å². The van der Waals surface area contributed by atoms with Crippen LogP contribution < -0.4 is 15.5 Å². The fraction of sp³-hybridized carbons (Fsp3) is 0.567. The van der Waals surface area contributed by atoms with E-state index in [1.807, 2.05) is 45.0 Å². The molecule has 2 aliphatic rings. The number of alkyl carbamates (subject to hydrolysis) is 1. The zero-order chi connectivity index (χ0) is 29.4. The third-order valence-electron chi connectivity index (χ3n) is 7.40. The van der Waals surface area contributed by atoms with Gasteiger partial charge in [0, 0.05) is 49.9 Å². The summed E-state index contributed by atoms with van der Waals surface area (Å²) in [5, 5.41) is 15.4. The monoisotopic (exact) mass is 567 g/mol. The van der Waals surface area contributed by atoms with Gasteiger partial charge in [-0.3, -0.25) is 4.79 Å². The van der Waals surface area contributed by atoms with Crippen molar-refractivity contribution in [1.82, 2.24) is 20.6 Å². The van der Waals surface area contributed by atoms with Gasteiger partial charge in [0.25, 0.3) is 0 Å². The molecule has 1 aliphatic carbocycles. The molecule has 0 spiro atoms. The molecule has 1 saturated carbocycles. The van der Waals surface area contributed by atoms with E-state index in [-0.39, 0.29) is 24.2 Å². The smallest absolute Gasteiger partial charge is 0.407 e. The number of benzene rings is 1. The molecule has 11 nitrogen and oxygen atoms in total. The Bertz CT molecular complexity index is 1180. The number of amides is 2. The zero-order valence-corrected chi connectivity index (χ0v) is 24.1. The molecule has 222 valence electrons. The molecule has 1 atom stereocenters. The Morgan fingerprint density at radius 1 is 1.07 bits per heavy atom. The van der Waals surface area contributed by atoms with E-state index in [1.54, 1.807) is 12.4 Å². The molecule has 11 heteroatoms. The van der Waals surface area contributed by atoms with Gasteiger partial charge in [-0.1, -0.05) is 24.3 Å². The van der Waals surface area contributed by atoms with Gasteiger partial charge in [0.2, 0.25) is 11.9 Å². The molecule has 0 radical (unpaired) electrons. The van der Waals surface area contributed by atoms with Gasteiger partial charge in [-0.2, -0.15) is 0 Å². The summed E-state index contributed by atoms with van der Waals surface area (Å²) in [6.07, 6.45) is 6.11. The molecular formula is C30H41N5O6. The second-order valence-electron chi connectivity index (χ2n) is 11.8. The summed E-state index contributed by atoms with van der Waals surface area (Å²) in [4.78, 5) is 48.1. The fourth-order valence-corrected chi connectivity index (χ4v) is 5.17. The first-order valence-electron chi connectivity index (χ1n) is 14.3. The summed E-state index contributed by atoms with van der Waals surface area (Å²) in [6.45, 7) is 8.77. The summed E-state index contributed by atoms with van der Waals surface area (Å²) in [6, 6.07) is 6.54. The van der Waals surface area contributed by atoms with Crippen molar-refractivity contribution in [3.8, 4) is 11.1 Å². The Kier molecular flexibility index (Phi) is 10.1. The van der Waals surface area contributed by atoms with E-state index in [2.05, 4.69) is 25.5 Å².